The average molecular weight is 451 g/mol. The van der Waals surface area contributed by atoms with Crippen molar-refractivity contribution in [2.24, 2.45) is 5.92 Å². The molecule has 3 aromatic rings. The van der Waals surface area contributed by atoms with E-state index in [9.17, 15) is 4.79 Å². The van der Waals surface area contributed by atoms with Crippen molar-refractivity contribution in [3.05, 3.63) is 59.7 Å². The summed E-state index contributed by atoms with van der Waals surface area (Å²) in [5.41, 5.74) is 4.53. The number of nitrogens with zero attached hydrogens (tertiary/aromatic N) is 3. The second-order valence-electron chi connectivity index (χ2n) is 9.69. The second-order valence-corrected chi connectivity index (χ2v) is 10.6. The molecule has 0 aliphatic heterocycles. The smallest absolute Gasteiger partial charge is 0.230 e. The number of nitrogens with one attached hydrogen (secondary N) is 1. The highest BCUT2D eigenvalue weighted by Crippen LogP contribution is 2.30. The van der Waals surface area contributed by atoms with E-state index in [-0.39, 0.29) is 17.4 Å². The number of benzene rings is 2. The molecule has 1 aromatic heterocycles. The highest BCUT2D eigenvalue weighted by Gasteiger charge is 2.19. The molecule has 0 aliphatic carbocycles. The standard InChI is InChI=1S/C26H34N4OS/c1-17(2)19(4)27-23(31)16-32-25-29-28-24(30(25)22-14-8-18(3)9-15-22)20-10-12-21(13-11-20)26(5,6)7/h8-15,17,19H,16H2,1-7H3,(H,27,31)/t19-/m1/s1. The monoisotopic (exact) mass is 450 g/mol. The first-order valence-corrected chi connectivity index (χ1v) is 12.1. The van der Waals surface area contributed by atoms with Crippen LogP contribution < -0.4 is 5.32 Å². The Kier molecular flexibility index (Phi) is 7.44. The molecule has 170 valence electrons. The molecule has 32 heavy (non-hydrogen) atoms. The topological polar surface area (TPSA) is 59.8 Å². The number of rotatable bonds is 7. The number of aryl methyl sites for hydroxylation is 1. The van der Waals surface area contributed by atoms with Crippen molar-refractivity contribution in [3.63, 3.8) is 0 Å². The van der Waals surface area contributed by atoms with Gasteiger partial charge in [0, 0.05) is 17.3 Å². The van der Waals surface area contributed by atoms with E-state index in [1.165, 1.54) is 22.9 Å². The zero-order valence-electron chi connectivity index (χ0n) is 20.1. The van der Waals surface area contributed by atoms with Gasteiger partial charge in [-0.15, -0.1) is 10.2 Å². The lowest BCUT2D eigenvalue weighted by molar-refractivity contribution is -0.119. The molecule has 1 N–H and O–H groups in total. The molecule has 0 bridgehead atoms. The van der Waals surface area contributed by atoms with Crippen molar-refractivity contribution in [2.75, 3.05) is 5.75 Å². The van der Waals surface area contributed by atoms with Gasteiger partial charge in [-0.1, -0.05) is 88.3 Å². The number of hydrogen-bond donors (Lipinski definition) is 1. The van der Waals surface area contributed by atoms with Crippen LogP contribution >= 0.6 is 11.8 Å². The maximum Gasteiger partial charge on any atom is 0.230 e. The Hall–Kier alpha value is -2.60. The molecule has 1 atom stereocenters. The highest BCUT2D eigenvalue weighted by molar-refractivity contribution is 7.99. The molecule has 0 unspecified atom stereocenters. The number of thioether (sulfide) groups is 1. The van der Waals surface area contributed by atoms with Gasteiger partial charge in [-0.3, -0.25) is 9.36 Å². The first-order valence-electron chi connectivity index (χ1n) is 11.1. The van der Waals surface area contributed by atoms with Crippen LogP contribution in [0.15, 0.2) is 53.7 Å². The van der Waals surface area contributed by atoms with Crippen molar-refractivity contribution < 1.29 is 4.79 Å². The van der Waals surface area contributed by atoms with Crippen molar-refractivity contribution in [1.82, 2.24) is 20.1 Å². The van der Waals surface area contributed by atoms with Gasteiger partial charge >= 0.3 is 0 Å². The third-order valence-electron chi connectivity index (χ3n) is 5.66. The van der Waals surface area contributed by atoms with Crippen molar-refractivity contribution in [1.29, 1.82) is 0 Å². The Morgan fingerprint density at radius 3 is 2.19 bits per heavy atom. The van der Waals surface area contributed by atoms with Gasteiger partial charge in [0.05, 0.1) is 5.75 Å². The van der Waals surface area contributed by atoms with Crippen LogP contribution in [0.2, 0.25) is 0 Å². The van der Waals surface area contributed by atoms with Crippen LogP contribution in [0.4, 0.5) is 0 Å². The lowest BCUT2D eigenvalue weighted by Gasteiger charge is -2.19. The van der Waals surface area contributed by atoms with Crippen molar-refractivity contribution >= 4 is 17.7 Å². The summed E-state index contributed by atoms with van der Waals surface area (Å²) in [7, 11) is 0. The first kappa shape index (κ1) is 24.1. The van der Waals surface area contributed by atoms with Crippen LogP contribution in [0.3, 0.4) is 0 Å². The predicted molar refractivity (Wildman–Crippen MR) is 133 cm³/mol. The fraction of sp³-hybridized carbons (Fsp3) is 0.423. The molecule has 0 fully saturated rings. The molecule has 1 amide bonds. The molecule has 0 saturated heterocycles. The number of hydrogen-bond acceptors (Lipinski definition) is 4. The molecule has 0 radical (unpaired) electrons. The second kappa shape index (κ2) is 9.90. The normalized spacial score (nSPS) is 12.8. The largest absolute Gasteiger partial charge is 0.353 e. The highest BCUT2D eigenvalue weighted by atomic mass is 32.2. The summed E-state index contributed by atoms with van der Waals surface area (Å²) in [5.74, 6) is 1.46. The van der Waals surface area contributed by atoms with Crippen LogP contribution in [-0.4, -0.2) is 32.5 Å². The minimum absolute atomic E-state index is 0.00531. The Morgan fingerprint density at radius 1 is 1.00 bits per heavy atom. The van der Waals surface area contributed by atoms with Gasteiger partial charge in [0.15, 0.2) is 11.0 Å². The Bertz CT molecular complexity index is 1050. The first-order chi connectivity index (χ1) is 15.1. The zero-order chi connectivity index (χ0) is 23.5. The zero-order valence-corrected chi connectivity index (χ0v) is 21.0. The molecular formula is C26H34N4OS. The fourth-order valence-corrected chi connectivity index (χ4v) is 3.95. The van der Waals surface area contributed by atoms with E-state index in [1.807, 2.05) is 11.5 Å². The lowest BCUT2D eigenvalue weighted by Crippen LogP contribution is -2.37. The SMILES string of the molecule is Cc1ccc(-n2c(SCC(=O)N[C@H](C)C(C)C)nnc2-c2ccc(C(C)(C)C)cc2)cc1. The molecule has 0 spiro atoms. The lowest BCUT2D eigenvalue weighted by atomic mass is 9.87. The van der Waals surface area contributed by atoms with Gasteiger partial charge in [-0.05, 0) is 42.9 Å². The quantitative estimate of drug-likeness (QED) is 0.463. The summed E-state index contributed by atoms with van der Waals surface area (Å²) in [6, 6.07) is 16.9. The third-order valence-corrected chi connectivity index (χ3v) is 6.58. The van der Waals surface area contributed by atoms with E-state index < -0.39 is 0 Å². The van der Waals surface area contributed by atoms with E-state index in [0.717, 1.165) is 17.1 Å². The number of carbonyl (C=O) groups excluding carboxylic acids is 1. The van der Waals surface area contributed by atoms with Crippen LogP contribution in [0, 0.1) is 12.8 Å². The summed E-state index contributed by atoms with van der Waals surface area (Å²) >= 11 is 1.41. The molecule has 6 heteroatoms. The van der Waals surface area contributed by atoms with E-state index in [4.69, 9.17) is 0 Å². The minimum atomic E-state index is 0.00531. The van der Waals surface area contributed by atoms with E-state index >= 15 is 0 Å². The van der Waals surface area contributed by atoms with Crippen molar-refractivity contribution in [2.45, 2.75) is 65.1 Å². The molecule has 5 nitrogen and oxygen atoms in total. The number of carbonyl (C=O) groups is 1. The summed E-state index contributed by atoms with van der Waals surface area (Å²) in [6.07, 6.45) is 0. The van der Waals surface area contributed by atoms with Crippen LogP contribution in [0.1, 0.15) is 52.7 Å². The summed E-state index contributed by atoms with van der Waals surface area (Å²) in [4.78, 5) is 12.4. The van der Waals surface area contributed by atoms with Gasteiger partial charge in [-0.2, -0.15) is 0 Å². The van der Waals surface area contributed by atoms with Gasteiger partial charge in [0.1, 0.15) is 0 Å². The summed E-state index contributed by atoms with van der Waals surface area (Å²) < 4.78 is 2.04. The molecule has 0 saturated carbocycles. The minimum Gasteiger partial charge on any atom is -0.353 e. The van der Waals surface area contributed by atoms with E-state index in [2.05, 4.69) is 106 Å². The Balaban J connectivity index is 1.92. The fourth-order valence-electron chi connectivity index (χ4n) is 3.19. The average Bonchev–Trinajstić information content (AvgIpc) is 3.16. The maximum absolute atomic E-state index is 12.4. The van der Waals surface area contributed by atoms with Gasteiger partial charge < -0.3 is 5.32 Å². The van der Waals surface area contributed by atoms with E-state index in [1.54, 1.807) is 0 Å². The number of amides is 1. The van der Waals surface area contributed by atoms with Gasteiger partial charge in [0.25, 0.3) is 0 Å². The Morgan fingerprint density at radius 2 is 1.62 bits per heavy atom. The summed E-state index contributed by atoms with van der Waals surface area (Å²) in [6.45, 7) is 14.9. The van der Waals surface area contributed by atoms with Gasteiger partial charge in [-0.25, -0.2) is 0 Å². The molecule has 1 heterocycles. The molecule has 3 rings (SSSR count). The van der Waals surface area contributed by atoms with Crippen molar-refractivity contribution in [3.8, 4) is 17.1 Å². The van der Waals surface area contributed by atoms with Crippen LogP contribution in [-0.2, 0) is 10.2 Å². The molecule has 0 aliphatic rings. The maximum atomic E-state index is 12.4. The molecular weight excluding hydrogens is 416 g/mol. The Labute approximate surface area is 196 Å². The third kappa shape index (κ3) is 5.80. The van der Waals surface area contributed by atoms with Gasteiger partial charge in [0.2, 0.25) is 5.91 Å². The van der Waals surface area contributed by atoms with Crippen LogP contribution in [0.5, 0.6) is 0 Å². The molecule has 2 aromatic carbocycles. The summed E-state index contributed by atoms with van der Waals surface area (Å²) in [5, 5.41) is 12.7. The number of aromatic nitrogens is 3. The van der Waals surface area contributed by atoms with E-state index in [0.29, 0.717) is 16.8 Å². The predicted octanol–water partition coefficient (Wildman–Crippen LogP) is 5.79. The van der Waals surface area contributed by atoms with Crippen LogP contribution in [0.25, 0.3) is 17.1 Å².